The van der Waals surface area contributed by atoms with Crippen molar-refractivity contribution in [1.29, 1.82) is 0 Å². The van der Waals surface area contributed by atoms with Gasteiger partial charge in [-0.25, -0.2) is 8.42 Å². The van der Waals surface area contributed by atoms with Gasteiger partial charge in [-0.1, -0.05) is 18.2 Å². The minimum atomic E-state index is -3.50. The molecule has 2 N–H and O–H groups in total. The van der Waals surface area contributed by atoms with Gasteiger partial charge in [0.05, 0.1) is 4.90 Å². The van der Waals surface area contributed by atoms with Gasteiger partial charge in [0.15, 0.2) is 0 Å². The topological polar surface area (TPSA) is 92.9 Å². The molecule has 1 aliphatic rings. The number of ether oxygens (including phenoxy) is 1. The van der Waals surface area contributed by atoms with E-state index in [1.807, 2.05) is 0 Å². The van der Waals surface area contributed by atoms with Crippen molar-refractivity contribution in [1.82, 2.24) is 9.21 Å². The number of hydrogen-bond acceptors (Lipinski definition) is 5. The van der Waals surface area contributed by atoms with Crippen LogP contribution in [0.2, 0.25) is 0 Å². The maximum atomic E-state index is 12.5. The van der Waals surface area contributed by atoms with E-state index >= 15 is 0 Å². The number of sulfonamides is 1. The Morgan fingerprint density at radius 3 is 2.26 bits per heavy atom. The first-order valence-corrected chi connectivity index (χ1v) is 8.51. The van der Waals surface area contributed by atoms with Crippen LogP contribution in [0.1, 0.15) is 0 Å². The fourth-order valence-electron chi connectivity index (χ4n) is 2.39. The van der Waals surface area contributed by atoms with E-state index in [0.29, 0.717) is 13.1 Å². The highest BCUT2D eigenvalue weighted by atomic mass is 35.5. The van der Waals surface area contributed by atoms with E-state index in [1.54, 1.807) is 35.2 Å². The van der Waals surface area contributed by atoms with Gasteiger partial charge in [0.2, 0.25) is 10.0 Å². The van der Waals surface area contributed by atoms with Crippen molar-refractivity contribution in [2.45, 2.75) is 11.0 Å². The van der Waals surface area contributed by atoms with Crippen LogP contribution < -0.4 is 5.73 Å². The van der Waals surface area contributed by atoms with Gasteiger partial charge < -0.3 is 15.4 Å². The zero-order valence-electron chi connectivity index (χ0n) is 12.9. The molecule has 23 heavy (non-hydrogen) atoms. The average Bonchev–Trinajstić information content (AvgIpc) is 2.57. The second-order valence-electron chi connectivity index (χ2n) is 5.00. The summed E-state index contributed by atoms with van der Waals surface area (Å²) in [6, 6.07) is 8.30. The Hall–Kier alpha value is -1.19. The van der Waals surface area contributed by atoms with Crippen LogP contribution in [0, 0.1) is 0 Å². The fraction of sp³-hybridized carbons (Fsp3) is 0.500. The van der Waals surface area contributed by atoms with Crippen molar-refractivity contribution < 1.29 is 17.9 Å². The van der Waals surface area contributed by atoms with Crippen molar-refractivity contribution >= 4 is 28.3 Å². The van der Waals surface area contributed by atoms with Crippen LogP contribution in [0.3, 0.4) is 0 Å². The zero-order valence-corrected chi connectivity index (χ0v) is 14.6. The zero-order chi connectivity index (χ0) is 16.2. The van der Waals surface area contributed by atoms with E-state index in [0.717, 1.165) is 0 Å². The highest BCUT2D eigenvalue weighted by Gasteiger charge is 2.32. The second kappa shape index (κ2) is 8.60. The summed E-state index contributed by atoms with van der Waals surface area (Å²) >= 11 is 0. The predicted octanol–water partition coefficient (Wildman–Crippen LogP) is -0.0850. The molecule has 0 spiro atoms. The molecule has 9 heteroatoms. The first kappa shape index (κ1) is 19.9. The van der Waals surface area contributed by atoms with Gasteiger partial charge in [0.25, 0.3) is 5.91 Å². The molecule has 1 aromatic carbocycles. The third-order valence-corrected chi connectivity index (χ3v) is 5.62. The quantitative estimate of drug-likeness (QED) is 0.789. The predicted molar refractivity (Wildman–Crippen MR) is 88.9 cm³/mol. The summed E-state index contributed by atoms with van der Waals surface area (Å²) in [5, 5.41) is 0. The Bertz CT molecular complexity index is 600. The van der Waals surface area contributed by atoms with Crippen molar-refractivity contribution in [3.8, 4) is 0 Å². The van der Waals surface area contributed by atoms with Crippen LogP contribution in [0.4, 0.5) is 0 Å². The minimum Gasteiger partial charge on any atom is -0.370 e. The maximum absolute atomic E-state index is 12.5. The molecule has 0 aromatic heterocycles. The maximum Gasteiger partial charge on any atom is 0.253 e. The summed E-state index contributed by atoms with van der Waals surface area (Å²) in [5.41, 5.74) is 5.48. The number of piperazine rings is 1. The highest BCUT2D eigenvalue weighted by Crippen LogP contribution is 2.17. The highest BCUT2D eigenvalue weighted by molar-refractivity contribution is 7.89. The molecule has 1 amide bonds. The molecule has 1 heterocycles. The van der Waals surface area contributed by atoms with Crippen molar-refractivity contribution in [2.24, 2.45) is 5.73 Å². The molecule has 1 aliphatic heterocycles. The number of benzene rings is 1. The van der Waals surface area contributed by atoms with Gasteiger partial charge in [0, 0.05) is 39.8 Å². The molecule has 0 bridgehead atoms. The number of amides is 1. The average molecular weight is 364 g/mol. The molecule has 0 saturated carbocycles. The number of carbonyl (C=O) groups excluding carboxylic acids is 1. The summed E-state index contributed by atoms with van der Waals surface area (Å²) in [5.74, 6) is -0.193. The molecular weight excluding hydrogens is 342 g/mol. The largest absolute Gasteiger partial charge is 0.370 e. The molecule has 130 valence electrons. The number of nitrogens with zero attached hydrogens (tertiary/aromatic N) is 2. The summed E-state index contributed by atoms with van der Waals surface area (Å²) in [7, 11) is -2.07. The Morgan fingerprint density at radius 1 is 1.22 bits per heavy atom. The van der Waals surface area contributed by atoms with E-state index in [4.69, 9.17) is 10.5 Å². The van der Waals surface area contributed by atoms with Crippen molar-refractivity contribution in [3.63, 3.8) is 0 Å². The molecule has 1 aromatic rings. The fourth-order valence-corrected chi connectivity index (χ4v) is 3.84. The molecule has 1 fully saturated rings. The van der Waals surface area contributed by atoms with Crippen LogP contribution in [0.15, 0.2) is 35.2 Å². The monoisotopic (exact) mass is 363 g/mol. The second-order valence-corrected chi connectivity index (χ2v) is 6.94. The lowest BCUT2D eigenvalue weighted by atomic mass is 10.2. The van der Waals surface area contributed by atoms with Gasteiger partial charge in [-0.3, -0.25) is 4.79 Å². The lowest BCUT2D eigenvalue weighted by Crippen LogP contribution is -2.54. The Kier molecular flexibility index (Phi) is 7.43. The molecule has 1 unspecified atom stereocenters. The Morgan fingerprint density at radius 2 is 1.78 bits per heavy atom. The van der Waals surface area contributed by atoms with Gasteiger partial charge in [-0.2, -0.15) is 4.31 Å². The van der Waals surface area contributed by atoms with Gasteiger partial charge >= 0.3 is 0 Å². The van der Waals surface area contributed by atoms with Gasteiger partial charge in [-0.15, -0.1) is 12.4 Å². The SMILES string of the molecule is COC(CN)C(=O)N1CCN(S(=O)(=O)c2ccccc2)CC1.Cl. The first-order chi connectivity index (χ1) is 10.5. The van der Waals surface area contributed by atoms with E-state index in [9.17, 15) is 13.2 Å². The van der Waals surface area contributed by atoms with Crippen LogP contribution in [0.5, 0.6) is 0 Å². The number of hydrogen-bond donors (Lipinski definition) is 1. The summed E-state index contributed by atoms with van der Waals surface area (Å²) < 4.78 is 31.4. The van der Waals surface area contributed by atoms with Crippen LogP contribution in [-0.4, -0.2) is 69.5 Å². The van der Waals surface area contributed by atoms with Crippen molar-refractivity contribution in [3.05, 3.63) is 30.3 Å². The number of nitrogens with two attached hydrogens (primary N) is 1. The number of halogens is 1. The first-order valence-electron chi connectivity index (χ1n) is 7.07. The smallest absolute Gasteiger partial charge is 0.253 e. The standard InChI is InChI=1S/C14H21N3O4S.ClH/c1-21-13(11-15)14(18)16-7-9-17(10-8-16)22(19,20)12-5-3-2-4-6-12;/h2-6,13H,7-11,15H2,1H3;1H. The van der Waals surface area contributed by atoms with E-state index in [-0.39, 0.29) is 42.8 Å². The third kappa shape index (κ3) is 4.42. The number of carbonyl (C=O) groups is 1. The molecule has 1 saturated heterocycles. The molecule has 0 radical (unpaired) electrons. The Balaban J connectivity index is 0.00000264. The molecule has 0 aliphatic carbocycles. The number of rotatable bonds is 5. The molecule has 2 rings (SSSR count). The number of methoxy groups -OCH3 is 1. The molecule has 1 atom stereocenters. The summed E-state index contributed by atoms with van der Waals surface area (Å²) in [6.45, 7) is 1.32. The lowest BCUT2D eigenvalue weighted by molar-refractivity contribution is -0.142. The third-order valence-electron chi connectivity index (χ3n) is 3.71. The normalized spacial score (nSPS) is 17.4. The van der Waals surface area contributed by atoms with Crippen LogP contribution >= 0.6 is 12.4 Å². The minimum absolute atomic E-state index is 0. The van der Waals surface area contributed by atoms with Gasteiger partial charge in [-0.05, 0) is 12.1 Å². The summed E-state index contributed by atoms with van der Waals surface area (Å²) in [6.07, 6.45) is -0.669. The summed E-state index contributed by atoms with van der Waals surface area (Å²) in [4.78, 5) is 14.0. The van der Waals surface area contributed by atoms with Crippen LogP contribution in [-0.2, 0) is 19.6 Å². The van der Waals surface area contributed by atoms with E-state index in [2.05, 4.69) is 0 Å². The molecular formula is C14H22ClN3O4S. The van der Waals surface area contributed by atoms with E-state index < -0.39 is 16.1 Å². The van der Waals surface area contributed by atoms with Crippen LogP contribution in [0.25, 0.3) is 0 Å². The van der Waals surface area contributed by atoms with E-state index in [1.165, 1.54) is 11.4 Å². The van der Waals surface area contributed by atoms with Gasteiger partial charge in [0.1, 0.15) is 6.10 Å². The Labute approximate surface area is 142 Å². The van der Waals surface area contributed by atoms with Crippen molar-refractivity contribution in [2.75, 3.05) is 39.8 Å². The molecule has 7 nitrogen and oxygen atoms in total. The lowest BCUT2D eigenvalue weighted by Gasteiger charge is -2.35.